The minimum atomic E-state index is -6.55. The van der Waals surface area contributed by atoms with Gasteiger partial charge < -0.3 is 0 Å². The number of halogens is 8. The first-order chi connectivity index (χ1) is 12.0. The molecule has 0 aromatic carbocycles. The Kier molecular flexibility index (Phi) is 8.99. The Morgan fingerprint density at radius 1 is 1.22 bits per heavy atom. The maximum absolute atomic E-state index is 12.2. The average molecular weight is 455 g/mol. The van der Waals surface area contributed by atoms with Crippen molar-refractivity contribution in [2.75, 3.05) is 0 Å². The topological polar surface area (TPSA) is 72.4 Å². The summed E-state index contributed by atoms with van der Waals surface area (Å²) in [4.78, 5) is 0. The molecule has 0 aliphatic heterocycles. The number of imidazole rings is 1. The zero-order valence-electron chi connectivity index (χ0n) is 13.4. The number of nitrogens with zero attached hydrogens (tertiary/aromatic N) is 2. The standard InChI is InChI=1S/C7H13N2S.C4H2F8O4S/c1-2-3-4-8-5-6-9(10)7-8;5-1(2(6,7)17(13,14)15)16-4(11,12)3(8,9)10/h5-7,10H,2-4H2,1H3;1H,(H,13,14,15)/q+1;. The molecule has 6 nitrogen and oxygen atoms in total. The van der Waals surface area contributed by atoms with Crippen molar-refractivity contribution in [3.63, 3.8) is 0 Å². The second-order valence-corrected chi connectivity index (χ2v) is 6.83. The van der Waals surface area contributed by atoms with E-state index in [1.165, 1.54) is 12.8 Å². The Balaban J connectivity index is 0.000000569. The number of unbranched alkanes of at least 4 members (excludes halogenated alkanes) is 1. The molecule has 1 unspecified atom stereocenters. The van der Waals surface area contributed by atoms with E-state index in [0.717, 1.165) is 6.54 Å². The molecule has 160 valence electrons. The SMILES string of the molecule is CCCC[n+]1ccn(S)c1.O=S(=O)(O)C(F)(F)C(F)OC(F)(F)C(F)(F)F. The summed E-state index contributed by atoms with van der Waals surface area (Å²) in [5.41, 5.74) is 0. The number of rotatable bonds is 7. The van der Waals surface area contributed by atoms with E-state index >= 15 is 0 Å². The highest BCUT2D eigenvalue weighted by Crippen LogP contribution is 2.40. The van der Waals surface area contributed by atoms with E-state index < -0.39 is 34.0 Å². The van der Waals surface area contributed by atoms with E-state index in [0.29, 0.717) is 0 Å². The number of hydrogen-bond acceptors (Lipinski definition) is 4. The lowest BCUT2D eigenvalue weighted by Crippen LogP contribution is -2.48. The van der Waals surface area contributed by atoms with Crippen molar-refractivity contribution < 1.29 is 57.4 Å². The van der Waals surface area contributed by atoms with Gasteiger partial charge in [-0.3, -0.25) is 9.29 Å². The van der Waals surface area contributed by atoms with E-state index in [-0.39, 0.29) is 0 Å². The number of ether oxygens (including phenoxy) is 1. The monoisotopic (exact) mass is 455 g/mol. The highest BCUT2D eigenvalue weighted by molar-refractivity contribution is 7.86. The summed E-state index contributed by atoms with van der Waals surface area (Å²) in [5.74, 6) is 0. The zero-order chi connectivity index (χ0) is 21.7. The predicted octanol–water partition coefficient (Wildman–Crippen LogP) is 3.20. The minimum absolute atomic E-state index is 1.10. The Morgan fingerprint density at radius 3 is 2.07 bits per heavy atom. The Bertz CT molecular complexity index is 693. The number of thiol groups is 1. The van der Waals surface area contributed by atoms with Gasteiger partial charge in [-0.2, -0.15) is 43.1 Å². The van der Waals surface area contributed by atoms with Crippen LogP contribution in [-0.4, -0.2) is 40.8 Å². The van der Waals surface area contributed by atoms with Crippen LogP contribution in [0.1, 0.15) is 19.8 Å². The smallest absolute Gasteiger partial charge is 0.281 e. The first kappa shape index (κ1) is 25.9. The van der Waals surface area contributed by atoms with Crippen LogP contribution in [0.3, 0.4) is 0 Å². The lowest BCUT2D eigenvalue weighted by atomic mass is 10.3. The van der Waals surface area contributed by atoms with Gasteiger partial charge in [-0.15, -0.1) is 0 Å². The molecule has 0 bridgehead atoms. The molecule has 0 spiro atoms. The molecule has 1 aromatic heterocycles. The van der Waals surface area contributed by atoms with E-state index in [4.69, 9.17) is 4.55 Å². The molecule has 1 rings (SSSR count). The molecule has 1 heterocycles. The van der Waals surface area contributed by atoms with Crippen LogP contribution < -0.4 is 4.57 Å². The van der Waals surface area contributed by atoms with Gasteiger partial charge in [0.2, 0.25) is 0 Å². The number of aryl methyl sites for hydroxylation is 1. The van der Waals surface area contributed by atoms with Crippen molar-refractivity contribution in [1.29, 1.82) is 0 Å². The second kappa shape index (κ2) is 9.38. The van der Waals surface area contributed by atoms with Gasteiger partial charge in [0.25, 0.3) is 12.7 Å². The quantitative estimate of drug-likeness (QED) is 0.287. The van der Waals surface area contributed by atoms with Crippen LogP contribution in [0.4, 0.5) is 35.1 Å². The highest BCUT2D eigenvalue weighted by atomic mass is 32.2. The third-order valence-corrected chi connectivity index (χ3v) is 3.75. The third kappa shape index (κ3) is 7.79. The second-order valence-electron chi connectivity index (χ2n) is 4.87. The van der Waals surface area contributed by atoms with Crippen molar-refractivity contribution in [2.24, 2.45) is 0 Å². The Hall–Kier alpha value is -1.13. The fourth-order valence-corrected chi connectivity index (χ4v) is 1.71. The molecule has 0 aliphatic rings. The molecule has 0 saturated heterocycles. The summed E-state index contributed by atoms with van der Waals surface area (Å²) >= 11 is 4.12. The molecule has 27 heavy (non-hydrogen) atoms. The van der Waals surface area contributed by atoms with E-state index in [2.05, 4.69) is 24.3 Å². The van der Waals surface area contributed by atoms with E-state index in [1.807, 2.05) is 23.5 Å². The number of hydrogen-bond donors (Lipinski definition) is 2. The Morgan fingerprint density at radius 2 is 1.74 bits per heavy atom. The zero-order valence-corrected chi connectivity index (χ0v) is 15.1. The normalized spacial score (nSPS) is 14.5. The van der Waals surface area contributed by atoms with Gasteiger partial charge in [0.15, 0.2) is 0 Å². The number of alkyl halides is 8. The van der Waals surface area contributed by atoms with Crippen LogP contribution in [0.2, 0.25) is 0 Å². The molecule has 0 aliphatic carbocycles. The van der Waals surface area contributed by atoms with Gasteiger partial charge in [0.1, 0.15) is 12.4 Å². The Labute approximate surface area is 154 Å². The van der Waals surface area contributed by atoms with Gasteiger partial charge >= 0.3 is 27.7 Å². The predicted molar refractivity (Wildman–Crippen MR) is 77.4 cm³/mol. The van der Waals surface area contributed by atoms with Crippen molar-refractivity contribution in [1.82, 2.24) is 3.97 Å². The van der Waals surface area contributed by atoms with Crippen LogP contribution in [0.5, 0.6) is 0 Å². The van der Waals surface area contributed by atoms with Crippen molar-refractivity contribution in [3.05, 3.63) is 18.7 Å². The first-order valence-electron chi connectivity index (χ1n) is 6.83. The van der Waals surface area contributed by atoms with Crippen LogP contribution >= 0.6 is 12.8 Å². The van der Waals surface area contributed by atoms with Crippen LogP contribution in [0, 0.1) is 0 Å². The lowest BCUT2D eigenvalue weighted by Gasteiger charge is -2.24. The van der Waals surface area contributed by atoms with Gasteiger partial charge in [0.05, 0.1) is 6.54 Å². The molecule has 16 heteroatoms. The number of aromatic nitrogens is 2. The molecular weight excluding hydrogens is 440 g/mol. The minimum Gasteiger partial charge on any atom is -0.281 e. The summed E-state index contributed by atoms with van der Waals surface area (Å²) in [5, 5.41) is -5.97. The maximum atomic E-state index is 12.2. The first-order valence-corrected chi connectivity index (χ1v) is 8.67. The third-order valence-electron chi connectivity index (χ3n) is 2.64. The van der Waals surface area contributed by atoms with Gasteiger partial charge in [-0.1, -0.05) is 13.3 Å². The molecule has 0 amide bonds. The van der Waals surface area contributed by atoms with Crippen molar-refractivity contribution in [3.8, 4) is 0 Å². The molecule has 1 aromatic rings. The van der Waals surface area contributed by atoms with Crippen LogP contribution in [0.25, 0.3) is 0 Å². The summed E-state index contributed by atoms with van der Waals surface area (Å²) in [7, 11) is -6.55. The van der Waals surface area contributed by atoms with Gasteiger partial charge in [-0.25, -0.2) is 8.96 Å². The van der Waals surface area contributed by atoms with Crippen molar-refractivity contribution in [2.45, 2.75) is 50.2 Å². The summed E-state index contributed by atoms with van der Waals surface area (Å²) < 4.78 is 128. The van der Waals surface area contributed by atoms with Crippen molar-refractivity contribution >= 4 is 22.9 Å². The van der Waals surface area contributed by atoms with E-state index in [1.54, 1.807) is 3.97 Å². The maximum Gasteiger partial charge on any atom is 0.483 e. The molecule has 1 atom stereocenters. The summed E-state index contributed by atoms with van der Waals surface area (Å²) in [6, 6.07) is 0. The molecule has 0 fully saturated rings. The molecule has 0 radical (unpaired) electrons. The molecule has 1 N–H and O–H groups in total. The van der Waals surface area contributed by atoms with E-state index in [9.17, 15) is 43.5 Å². The summed E-state index contributed by atoms with van der Waals surface area (Å²) in [6.07, 6.45) is -9.38. The van der Waals surface area contributed by atoms with Crippen LogP contribution in [-0.2, 0) is 21.4 Å². The molecule has 0 saturated carbocycles. The average Bonchev–Trinajstić information content (AvgIpc) is 2.88. The fraction of sp³-hybridized carbons (Fsp3) is 0.727. The highest BCUT2D eigenvalue weighted by Gasteiger charge is 2.65. The van der Waals surface area contributed by atoms with Crippen LogP contribution in [0.15, 0.2) is 18.7 Å². The van der Waals surface area contributed by atoms with Gasteiger partial charge in [-0.05, 0) is 6.42 Å². The molecular formula is C11H15F8N2O4S2+. The lowest BCUT2D eigenvalue weighted by molar-refractivity contribution is -0.696. The summed E-state index contributed by atoms with van der Waals surface area (Å²) in [6.45, 7) is 3.29. The largest absolute Gasteiger partial charge is 0.483 e. The fourth-order valence-electron chi connectivity index (χ4n) is 1.24. The van der Waals surface area contributed by atoms with Gasteiger partial charge in [0, 0.05) is 12.8 Å².